The van der Waals surface area contributed by atoms with Crippen LogP contribution in [0.25, 0.3) is 10.9 Å². The van der Waals surface area contributed by atoms with Crippen LogP contribution in [0.4, 0.5) is 8.78 Å². The Morgan fingerprint density at radius 2 is 2.20 bits per heavy atom. The number of methoxy groups -OCH3 is 1. The van der Waals surface area contributed by atoms with Crippen molar-refractivity contribution in [2.45, 2.75) is 29.5 Å². The van der Waals surface area contributed by atoms with Gasteiger partial charge >= 0.3 is 5.97 Å². The van der Waals surface area contributed by atoms with Gasteiger partial charge in [-0.3, -0.25) is 9.78 Å². The zero-order valence-corrected chi connectivity index (χ0v) is 21.1. The van der Waals surface area contributed by atoms with Gasteiger partial charge in [-0.1, -0.05) is 11.3 Å². The molecule has 0 spiro atoms. The van der Waals surface area contributed by atoms with E-state index in [0.29, 0.717) is 41.6 Å². The Kier molecular flexibility index (Phi) is 8.59. The number of hydrogen-bond acceptors (Lipinski definition) is 7. The molecule has 1 saturated heterocycles. The molecule has 2 unspecified atom stereocenters. The lowest BCUT2D eigenvalue weighted by atomic mass is 9.81. The van der Waals surface area contributed by atoms with Gasteiger partial charge in [0, 0.05) is 35.8 Å². The van der Waals surface area contributed by atoms with Gasteiger partial charge in [-0.15, -0.1) is 11.8 Å². The molecule has 0 radical (unpaired) electrons. The molecule has 1 aliphatic rings. The van der Waals surface area contributed by atoms with E-state index >= 15 is 0 Å². The van der Waals surface area contributed by atoms with Crippen LogP contribution in [0, 0.1) is 22.8 Å². The molecule has 0 bridgehead atoms. The second kappa shape index (κ2) is 11.6. The first-order valence-corrected chi connectivity index (χ1v) is 13.4. The van der Waals surface area contributed by atoms with E-state index in [2.05, 4.69) is 9.88 Å². The molecule has 1 aromatic carbocycles. The van der Waals surface area contributed by atoms with E-state index in [1.807, 2.05) is 0 Å². The van der Waals surface area contributed by atoms with Crippen molar-refractivity contribution in [3.8, 4) is 5.75 Å². The molecule has 3 atom stereocenters. The van der Waals surface area contributed by atoms with E-state index < -0.39 is 23.7 Å². The zero-order chi connectivity index (χ0) is 24.9. The fourth-order valence-corrected chi connectivity index (χ4v) is 6.66. The molecular formula is C25H29F2N3O3S2. The molecule has 2 aromatic heterocycles. The van der Waals surface area contributed by atoms with Crippen LogP contribution in [0.1, 0.15) is 30.9 Å². The van der Waals surface area contributed by atoms with Crippen molar-refractivity contribution in [3.05, 3.63) is 53.0 Å². The number of piperidine rings is 1. The minimum absolute atomic E-state index is 0.0282. The number of hydrogen-bond donors (Lipinski definition) is 2. The molecular weight excluding hydrogens is 492 g/mol. The summed E-state index contributed by atoms with van der Waals surface area (Å²) in [6, 6.07) is 7.92. The van der Waals surface area contributed by atoms with E-state index in [1.165, 1.54) is 12.3 Å². The highest BCUT2D eigenvalue weighted by Crippen LogP contribution is 2.34. The number of carbonyl (C=O) groups is 1. The predicted molar refractivity (Wildman–Crippen MR) is 135 cm³/mol. The summed E-state index contributed by atoms with van der Waals surface area (Å²) in [4.78, 5) is 18.3. The van der Waals surface area contributed by atoms with Crippen molar-refractivity contribution in [3.63, 3.8) is 0 Å². The molecule has 4 rings (SSSR count). The number of nitrogens with two attached hydrogens (primary N) is 1. The normalized spacial score (nSPS) is 19.7. The molecule has 3 heterocycles. The smallest absolute Gasteiger partial charge is 0.308 e. The van der Waals surface area contributed by atoms with Crippen molar-refractivity contribution in [1.29, 1.82) is 0 Å². The topological polar surface area (TPSA) is 88.7 Å². The second-order valence-corrected chi connectivity index (χ2v) is 11.2. The summed E-state index contributed by atoms with van der Waals surface area (Å²) in [5.41, 5.74) is 7.47. The fourth-order valence-electron chi connectivity index (χ4n) is 4.76. The molecule has 0 saturated carbocycles. The number of pyridine rings is 1. The van der Waals surface area contributed by atoms with Crippen LogP contribution in [0.15, 0.2) is 40.7 Å². The standard InChI is InChI=1S/C25H29F2N3O3S2/c1-33-16-3-5-21-17(12-16)24(19(26)13-29-21)20(28)4-2-15-8-9-30(14-18(15)25(31)32)10-11-34-23-7-6-22(27)35-23/h3,5-7,12-13,15,18,20H,2,4,8-11,14,28H2,1H3,(H,31,32)/t15?,18?,20-/m1/s1. The number of nitrogens with zero attached hydrogens (tertiary/aromatic N) is 2. The molecule has 10 heteroatoms. The highest BCUT2D eigenvalue weighted by Gasteiger charge is 2.34. The van der Waals surface area contributed by atoms with Crippen molar-refractivity contribution < 1.29 is 23.4 Å². The molecule has 3 N–H and O–H groups in total. The summed E-state index contributed by atoms with van der Waals surface area (Å²) in [5, 5.41) is 10.3. The number of carboxylic acid groups (broad SMARTS) is 1. The summed E-state index contributed by atoms with van der Waals surface area (Å²) >= 11 is 2.71. The van der Waals surface area contributed by atoms with Gasteiger partial charge in [0.25, 0.3) is 0 Å². The SMILES string of the molecule is COc1ccc2ncc(F)c([C@H](N)CCC3CCN(CCSc4ccc(F)s4)CC3C(=O)O)c2c1. The van der Waals surface area contributed by atoms with Gasteiger partial charge in [0.2, 0.25) is 0 Å². The van der Waals surface area contributed by atoms with Crippen LogP contribution in [0.3, 0.4) is 0 Å². The number of thiophene rings is 1. The summed E-state index contributed by atoms with van der Waals surface area (Å²) in [7, 11) is 1.55. The summed E-state index contributed by atoms with van der Waals surface area (Å²) in [6.07, 6.45) is 3.00. The molecule has 6 nitrogen and oxygen atoms in total. The van der Waals surface area contributed by atoms with Gasteiger partial charge in [-0.2, -0.15) is 4.39 Å². The van der Waals surface area contributed by atoms with Crippen LogP contribution >= 0.6 is 23.1 Å². The first kappa shape index (κ1) is 25.8. The maximum absolute atomic E-state index is 14.8. The second-order valence-electron chi connectivity index (χ2n) is 8.79. The Hall–Kier alpha value is -2.27. The first-order chi connectivity index (χ1) is 16.9. The summed E-state index contributed by atoms with van der Waals surface area (Å²) in [5.74, 6) is -0.435. The highest BCUT2D eigenvalue weighted by molar-refractivity contribution is 8.01. The molecule has 1 aliphatic heterocycles. The third-order valence-electron chi connectivity index (χ3n) is 6.65. The third-order valence-corrected chi connectivity index (χ3v) is 8.72. The van der Waals surface area contributed by atoms with Crippen molar-refractivity contribution in [2.24, 2.45) is 17.6 Å². The highest BCUT2D eigenvalue weighted by atomic mass is 32.2. The maximum Gasteiger partial charge on any atom is 0.308 e. The van der Waals surface area contributed by atoms with Crippen molar-refractivity contribution in [2.75, 3.05) is 32.5 Å². The fraction of sp³-hybridized carbons (Fsp3) is 0.440. The number of benzene rings is 1. The minimum atomic E-state index is -0.813. The van der Waals surface area contributed by atoms with Crippen LogP contribution in [-0.2, 0) is 4.79 Å². The number of halogens is 2. The quantitative estimate of drug-likeness (QED) is 0.356. The number of thioether (sulfide) groups is 1. The largest absolute Gasteiger partial charge is 0.497 e. The van der Waals surface area contributed by atoms with Crippen LogP contribution in [0.5, 0.6) is 5.75 Å². The van der Waals surface area contributed by atoms with E-state index in [-0.39, 0.29) is 11.0 Å². The molecule has 35 heavy (non-hydrogen) atoms. The van der Waals surface area contributed by atoms with E-state index in [0.717, 1.165) is 40.8 Å². The monoisotopic (exact) mass is 521 g/mol. The average Bonchev–Trinajstić information content (AvgIpc) is 3.27. The van der Waals surface area contributed by atoms with Gasteiger partial charge in [0.15, 0.2) is 5.13 Å². The minimum Gasteiger partial charge on any atom is -0.497 e. The van der Waals surface area contributed by atoms with Crippen molar-refractivity contribution in [1.82, 2.24) is 9.88 Å². The Morgan fingerprint density at radius 1 is 1.37 bits per heavy atom. The Bertz CT molecular complexity index is 1180. The lowest BCUT2D eigenvalue weighted by Crippen LogP contribution is -2.44. The van der Waals surface area contributed by atoms with Gasteiger partial charge in [0.1, 0.15) is 11.6 Å². The summed E-state index contributed by atoms with van der Waals surface area (Å²) in [6.45, 7) is 2.02. The Labute approximate surface area is 211 Å². The number of fused-ring (bicyclic) bond motifs is 1. The number of aliphatic carboxylic acids is 1. The molecule has 0 amide bonds. The third kappa shape index (κ3) is 6.30. The molecule has 0 aliphatic carbocycles. The lowest BCUT2D eigenvalue weighted by Gasteiger charge is -2.37. The number of ether oxygens (including phenoxy) is 1. The van der Waals surface area contributed by atoms with E-state index in [9.17, 15) is 18.7 Å². The maximum atomic E-state index is 14.8. The Balaban J connectivity index is 1.37. The Morgan fingerprint density at radius 3 is 2.91 bits per heavy atom. The predicted octanol–water partition coefficient (Wildman–Crippen LogP) is 5.18. The average molecular weight is 522 g/mol. The zero-order valence-electron chi connectivity index (χ0n) is 19.5. The van der Waals surface area contributed by atoms with Crippen LogP contribution in [0.2, 0.25) is 0 Å². The van der Waals surface area contributed by atoms with Gasteiger partial charge in [0.05, 0.1) is 29.0 Å². The number of likely N-dealkylation sites (tertiary alicyclic amines) is 1. The van der Waals surface area contributed by atoms with Crippen molar-refractivity contribution >= 4 is 40.0 Å². The first-order valence-electron chi connectivity index (χ1n) is 11.6. The number of carboxylic acids is 1. The number of rotatable bonds is 10. The van der Waals surface area contributed by atoms with Crippen LogP contribution < -0.4 is 10.5 Å². The molecule has 1 fully saturated rings. The van der Waals surface area contributed by atoms with E-state index in [1.54, 1.807) is 43.1 Å². The van der Waals surface area contributed by atoms with Crippen LogP contribution in [-0.4, -0.2) is 53.5 Å². The summed E-state index contributed by atoms with van der Waals surface area (Å²) < 4.78 is 34.1. The molecule has 3 aromatic rings. The molecule has 188 valence electrons. The van der Waals surface area contributed by atoms with Gasteiger partial charge in [-0.25, -0.2) is 4.39 Å². The van der Waals surface area contributed by atoms with Gasteiger partial charge < -0.3 is 20.5 Å². The van der Waals surface area contributed by atoms with E-state index in [4.69, 9.17) is 10.5 Å². The number of aromatic nitrogens is 1. The van der Waals surface area contributed by atoms with Gasteiger partial charge in [-0.05, 0) is 62.1 Å². The lowest BCUT2D eigenvalue weighted by molar-refractivity contribution is -0.146.